The summed E-state index contributed by atoms with van der Waals surface area (Å²) in [6.07, 6.45) is 7.63. The summed E-state index contributed by atoms with van der Waals surface area (Å²) in [7, 11) is 2.01. The van der Waals surface area contributed by atoms with Crippen LogP contribution in [0.15, 0.2) is 30.5 Å². The minimum Gasteiger partial charge on any atom is -0.347 e. The average molecular weight is 242 g/mol. The van der Waals surface area contributed by atoms with E-state index >= 15 is 0 Å². The molecule has 2 aromatic rings. The van der Waals surface area contributed by atoms with Gasteiger partial charge in [-0.05, 0) is 67.9 Å². The summed E-state index contributed by atoms with van der Waals surface area (Å²) in [5, 5.41) is 4.60. The first-order valence-electron chi connectivity index (χ1n) is 7.09. The van der Waals surface area contributed by atoms with Crippen LogP contribution in [0.5, 0.6) is 0 Å². The Bertz CT molecular complexity index is 523. The number of benzene rings is 1. The smallest absolute Gasteiger partial charge is 0.0480 e. The van der Waals surface area contributed by atoms with E-state index in [4.69, 9.17) is 0 Å². The second-order valence-electron chi connectivity index (χ2n) is 5.51. The predicted octanol–water partition coefficient (Wildman–Crippen LogP) is 3.20. The van der Waals surface area contributed by atoms with Crippen LogP contribution in [0.25, 0.3) is 10.9 Å². The van der Waals surface area contributed by atoms with Gasteiger partial charge in [-0.25, -0.2) is 0 Å². The molecule has 1 saturated carbocycles. The maximum Gasteiger partial charge on any atom is 0.0480 e. The Morgan fingerprint density at radius 1 is 1.28 bits per heavy atom. The average Bonchev–Trinajstić information content (AvgIpc) is 2.73. The van der Waals surface area contributed by atoms with Gasteiger partial charge in [-0.2, -0.15) is 0 Å². The van der Waals surface area contributed by atoms with Crippen LogP contribution in [0.2, 0.25) is 0 Å². The maximum absolute atomic E-state index is 3.21. The van der Waals surface area contributed by atoms with Crippen molar-refractivity contribution in [1.29, 1.82) is 0 Å². The molecule has 1 fully saturated rings. The van der Waals surface area contributed by atoms with Gasteiger partial charge in [0.25, 0.3) is 0 Å². The Morgan fingerprint density at radius 3 is 2.89 bits per heavy atom. The number of aromatic nitrogens is 1. The van der Waals surface area contributed by atoms with Crippen LogP contribution in [0.1, 0.15) is 24.8 Å². The standard InChI is InChI=1S/C16H22N2/c1-17-9-7-13-5-6-16-15(11-13)8-10-18(16)12-14-3-2-4-14/h5-6,8,10-11,14,17H,2-4,7,9,12H2,1H3. The fraction of sp³-hybridized carbons (Fsp3) is 0.500. The van der Waals surface area contributed by atoms with Crippen LogP contribution in [0.3, 0.4) is 0 Å². The number of rotatable bonds is 5. The lowest BCUT2D eigenvalue weighted by Gasteiger charge is -2.26. The van der Waals surface area contributed by atoms with Crippen molar-refractivity contribution in [3.05, 3.63) is 36.0 Å². The summed E-state index contributed by atoms with van der Waals surface area (Å²) in [4.78, 5) is 0. The Balaban J connectivity index is 1.80. The molecule has 0 unspecified atom stereocenters. The Hall–Kier alpha value is -1.28. The summed E-state index contributed by atoms with van der Waals surface area (Å²) in [5.41, 5.74) is 2.83. The molecule has 2 heteroatoms. The molecule has 0 amide bonds. The van der Waals surface area contributed by atoms with Crippen LogP contribution in [0.4, 0.5) is 0 Å². The lowest BCUT2D eigenvalue weighted by atomic mass is 9.85. The zero-order valence-corrected chi connectivity index (χ0v) is 11.2. The van der Waals surface area contributed by atoms with E-state index in [-0.39, 0.29) is 0 Å². The normalized spacial score (nSPS) is 16.1. The van der Waals surface area contributed by atoms with Crippen molar-refractivity contribution in [2.24, 2.45) is 5.92 Å². The molecule has 2 nitrogen and oxygen atoms in total. The van der Waals surface area contributed by atoms with E-state index < -0.39 is 0 Å². The molecule has 1 aliphatic rings. The SMILES string of the molecule is CNCCc1ccc2c(ccn2CC2CCC2)c1. The van der Waals surface area contributed by atoms with Gasteiger partial charge < -0.3 is 9.88 Å². The Morgan fingerprint density at radius 2 is 2.17 bits per heavy atom. The first-order chi connectivity index (χ1) is 8.86. The highest BCUT2D eigenvalue weighted by molar-refractivity contribution is 5.80. The molecule has 96 valence electrons. The van der Waals surface area contributed by atoms with Crippen molar-refractivity contribution in [3.63, 3.8) is 0 Å². The molecule has 18 heavy (non-hydrogen) atoms. The second kappa shape index (κ2) is 5.15. The largest absolute Gasteiger partial charge is 0.347 e. The van der Waals surface area contributed by atoms with Crippen molar-refractivity contribution >= 4 is 10.9 Å². The molecule has 1 aliphatic carbocycles. The third-order valence-electron chi connectivity index (χ3n) is 4.18. The highest BCUT2D eigenvalue weighted by Crippen LogP contribution is 2.29. The lowest BCUT2D eigenvalue weighted by molar-refractivity contribution is 0.280. The zero-order valence-electron chi connectivity index (χ0n) is 11.2. The van der Waals surface area contributed by atoms with Crippen molar-refractivity contribution in [1.82, 2.24) is 9.88 Å². The first kappa shape index (κ1) is 11.8. The molecule has 1 heterocycles. The molecule has 1 N–H and O–H groups in total. The topological polar surface area (TPSA) is 17.0 Å². The van der Waals surface area contributed by atoms with Crippen LogP contribution in [-0.4, -0.2) is 18.2 Å². The first-order valence-corrected chi connectivity index (χ1v) is 7.09. The maximum atomic E-state index is 3.21. The number of nitrogens with one attached hydrogen (secondary N) is 1. The van der Waals surface area contributed by atoms with Crippen molar-refractivity contribution in [2.75, 3.05) is 13.6 Å². The minimum absolute atomic E-state index is 0.921. The quantitative estimate of drug-likeness (QED) is 0.852. The summed E-state index contributed by atoms with van der Waals surface area (Å²) in [5.74, 6) is 0.921. The van der Waals surface area contributed by atoms with E-state index in [1.165, 1.54) is 42.3 Å². The highest BCUT2D eigenvalue weighted by atomic mass is 15.0. The number of hydrogen-bond acceptors (Lipinski definition) is 1. The van der Waals surface area contributed by atoms with E-state index in [1.807, 2.05) is 7.05 Å². The Labute approximate surface area is 109 Å². The molecular formula is C16H22N2. The molecule has 0 aliphatic heterocycles. The molecule has 0 saturated heterocycles. The van der Waals surface area contributed by atoms with Gasteiger partial charge in [-0.15, -0.1) is 0 Å². The van der Waals surface area contributed by atoms with E-state index in [0.717, 1.165) is 18.9 Å². The van der Waals surface area contributed by atoms with Crippen LogP contribution < -0.4 is 5.32 Å². The van der Waals surface area contributed by atoms with Crippen LogP contribution in [-0.2, 0) is 13.0 Å². The molecule has 0 atom stereocenters. The third kappa shape index (κ3) is 2.30. The van der Waals surface area contributed by atoms with Crippen molar-refractivity contribution in [2.45, 2.75) is 32.2 Å². The fourth-order valence-electron chi connectivity index (χ4n) is 2.79. The van der Waals surface area contributed by atoms with Crippen molar-refractivity contribution in [3.8, 4) is 0 Å². The number of fused-ring (bicyclic) bond motifs is 1. The minimum atomic E-state index is 0.921. The fourth-order valence-corrected chi connectivity index (χ4v) is 2.79. The van der Waals surface area contributed by atoms with Crippen molar-refractivity contribution < 1.29 is 0 Å². The molecule has 1 aromatic carbocycles. The summed E-state index contributed by atoms with van der Waals surface area (Å²) < 4.78 is 2.43. The number of nitrogens with zero attached hydrogens (tertiary/aromatic N) is 1. The van der Waals surface area contributed by atoms with Gasteiger partial charge >= 0.3 is 0 Å². The summed E-state index contributed by atoms with van der Waals surface area (Å²) >= 11 is 0. The van der Waals surface area contributed by atoms with Gasteiger partial charge in [0.05, 0.1) is 0 Å². The van der Waals surface area contributed by atoms with E-state index in [1.54, 1.807) is 0 Å². The van der Waals surface area contributed by atoms with E-state index in [0.29, 0.717) is 0 Å². The lowest BCUT2D eigenvalue weighted by Crippen LogP contribution is -2.17. The molecule has 1 aromatic heterocycles. The van der Waals surface area contributed by atoms with Gasteiger partial charge in [0.15, 0.2) is 0 Å². The van der Waals surface area contributed by atoms with E-state index in [9.17, 15) is 0 Å². The van der Waals surface area contributed by atoms with Gasteiger partial charge in [0, 0.05) is 18.3 Å². The number of hydrogen-bond donors (Lipinski definition) is 1. The van der Waals surface area contributed by atoms with E-state index in [2.05, 4.69) is 40.3 Å². The van der Waals surface area contributed by atoms with Gasteiger partial charge in [-0.3, -0.25) is 0 Å². The number of likely N-dealkylation sites (N-methyl/N-ethyl adjacent to an activating group) is 1. The second-order valence-corrected chi connectivity index (χ2v) is 5.51. The predicted molar refractivity (Wildman–Crippen MR) is 76.9 cm³/mol. The third-order valence-corrected chi connectivity index (χ3v) is 4.18. The highest BCUT2D eigenvalue weighted by Gasteiger charge is 2.18. The monoisotopic (exact) mass is 242 g/mol. The Kier molecular flexibility index (Phi) is 3.37. The molecule has 0 radical (unpaired) electrons. The zero-order chi connectivity index (χ0) is 12.4. The van der Waals surface area contributed by atoms with Crippen LogP contribution >= 0.6 is 0 Å². The molecule has 0 bridgehead atoms. The molecule has 0 spiro atoms. The summed E-state index contributed by atoms with van der Waals surface area (Å²) in [6.45, 7) is 2.26. The van der Waals surface area contributed by atoms with Gasteiger partial charge in [0.1, 0.15) is 0 Å². The molecule has 3 rings (SSSR count). The molecular weight excluding hydrogens is 220 g/mol. The van der Waals surface area contributed by atoms with Crippen LogP contribution in [0, 0.1) is 5.92 Å². The van der Waals surface area contributed by atoms with Gasteiger partial charge in [0.2, 0.25) is 0 Å². The summed E-state index contributed by atoms with van der Waals surface area (Å²) in [6, 6.07) is 9.16. The van der Waals surface area contributed by atoms with Gasteiger partial charge in [-0.1, -0.05) is 12.5 Å².